The Kier molecular flexibility index (Phi) is 11.1. The number of carbonyl (C=O) groups is 2. The first kappa shape index (κ1) is 17.8. The van der Waals surface area contributed by atoms with Crippen LogP contribution in [0.15, 0.2) is 0 Å². The first-order chi connectivity index (χ1) is 9.10. The van der Waals surface area contributed by atoms with Crippen molar-refractivity contribution < 1.29 is 34.4 Å². The second-order valence-electron chi connectivity index (χ2n) is 3.96. The molecule has 0 aliphatic carbocycles. The summed E-state index contributed by atoms with van der Waals surface area (Å²) in [6.07, 6.45) is 0.616. The summed E-state index contributed by atoms with van der Waals surface area (Å²) in [5.41, 5.74) is 0. The van der Waals surface area contributed by atoms with E-state index in [1.807, 2.05) is 0 Å². The maximum Gasteiger partial charge on any atom is 0.308 e. The Morgan fingerprint density at radius 3 is 2.16 bits per heavy atom. The van der Waals surface area contributed by atoms with Crippen LogP contribution in [-0.4, -0.2) is 53.4 Å². The zero-order valence-electron chi connectivity index (χ0n) is 10.9. The Hall–Kier alpha value is -1.18. The number of ether oxygens (including phenoxy) is 2. The molecule has 0 aromatic rings. The van der Waals surface area contributed by atoms with E-state index in [0.717, 1.165) is 0 Å². The molecule has 0 saturated carbocycles. The summed E-state index contributed by atoms with van der Waals surface area (Å²) in [5, 5.41) is 26.2. The van der Waals surface area contributed by atoms with E-state index >= 15 is 0 Å². The lowest BCUT2D eigenvalue weighted by Crippen LogP contribution is -2.17. The topological polar surface area (TPSA) is 113 Å². The van der Waals surface area contributed by atoms with Crippen molar-refractivity contribution in [3.05, 3.63) is 0 Å². The Morgan fingerprint density at radius 2 is 1.58 bits per heavy atom. The molecule has 0 radical (unpaired) electrons. The van der Waals surface area contributed by atoms with E-state index in [-0.39, 0.29) is 39.1 Å². The largest absolute Gasteiger partial charge is 0.463 e. The van der Waals surface area contributed by atoms with Gasteiger partial charge in [-0.05, 0) is 19.3 Å². The zero-order valence-corrected chi connectivity index (χ0v) is 10.9. The van der Waals surface area contributed by atoms with E-state index in [4.69, 9.17) is 10.2 Å². The molecular weight excluding hydrogens is 256 g/mol. The second kappa shape index (κ2) is 11.9. The predicted octanol–water partition coefficient (Wildman–Crippen LogP) is -0.284. The van der Waals surface area contributed by atoms with Crippen LogP contribution in [0.5, 0.6) is 0 Å². The molecule has 0 amide bonds. The number of rotatable bonds is 11. The first-order valence-electron chi connectivity index (χ1n) is 6.35. The molecule has 0 aliphatic heterocycles. The van der Waals surface area contributed by atoms with Gasteiger partial charge in [0.25, 0.3) is 0 Å². The van der Waals surface area contributed by atoms with Crippen molar-refractivity contribution in [2.75, 3.05) is 19.8 Å². The van der Waals surface area contributed by atoms with Crippen LogP contribution in [-0.2, 0) is 19.1 Å². The summed E-state index contributed by atoms with van der Waals surface area (Å²) < 4.78 is 9.32. The van der Waals surface area contributed by atoms with Gasteiger partial charge >= 0.3 is 11.9 Å². The minimum atomic E-state index is -1.19. The molecule has 7 heteroatoms. The lowest BCUT2D eigenvalue weighted by atomic mass is 10.2. The van der Waals surface area contributed by atoms with Gasteiger partial charge in [-0.15, -0.1) is 0 Å². The number of aliphatic hydroxyl groups excluding tert-OH is 3. The van der Waals surface area contributed by atoms with Crippen LogP contribution >= 0.6 is 0 Å². The molecule has 0 aromatic heterocycles. The normalized spacial score (nSPS) is 11.9. The fourth-order valence-electron chi connectivity index (χ4n) is 1.31. The van der Waals surface area contributed by atoms with Crippen LogP contribution in [0.25, 0.3) is 0 Å². The summed E-state index contributed by atoms with van der Waals surface area (Å²) >= 11 is 0. The summed E-state index contributed by atoms with van der Waals surface area (Å²) in [5.74, 6) is -0.945. The molecule has 0 bridgehead atoms. The maximum absolute atomic E-state index is 11.2. The molecule has 0 saturated heterocycles. The Balaban J connectivity index is 3.50. The van der Waals surface area contributed by atoms with Crippen molar-refractivity contribution in [3.63, 3.8) is 0 Å². The SMILES string of the molecule is O=C(CCCCC(=O)OC(O)CCCO)OCCO. The van der Waals surface area contributed by atoms with E-state index < -0.39 is 18.2 Å². The minimum absolute atomic E-state index is 0.0159. The lowest BCUT2D eigenvalue weighted by Gasteiger charge is -2.11. The molecule has 0 spiro atoms. The summed E-state index contributed by atoms with van der Waals surface area (Å²) in [6, 6.07) is 0. The maximum atomic E-state index is 11.2. The molecular formula is C12H22O7. The van der Waals surface area contributed by atoms with Gasteiger partial charge in [0.1, 0.15) is 6.61 Å². The molecule has 0 rings (SSSR count). The van der Waals surface area contributed by atoms with Crippen molar-refractivity contribution in [2.24, 2.45) is 0 Å². The van der Waals surface area contributed by atoms with Gasteiger partial charge in [-0.2, -0.15) is 0 Å². The highest BCUT2D eigenvalue weighted by molar-refractivity contribution is 5.70. The second-order valence-corrected chi connectivity index (χ2v) is 3.96. The summed E-state index contributed by atoms with van der Waals surface area (Å²) in [4.78, 5) is 22.3. The standard InChI is InChI=1S/C12H22O7/c13-7-3-6-12(17)19-11(16)5-2-1-4-10(15)18-9-8-14/h12-14,17H,1-9H2. The van der Waals surface area contributed by atoms with Crippen molar-refractivity contribution in [1.82, 2.24) is 0 Å². The van der Waals surface area contributed by atoms with E-state index in [2.05, 4.69) is 9.47 Å². The molecule has 112 valence electrons. The van der Waals surface area contributed by atoms with Gasteiger partial charge in [0, 0.05) is 25.9 Å². The van der Waals surface area contributed by atoms with E-state index in [1.54, 1.807) is 0 Å². The fourth-order valence-corrected chi connectivity index (χ4v) is 1.31. The zero-order chi connectivity index (χ0) is 14.5. The number of esters is 2. The quantitative estimate of drug-likeness (QED) is 0.270. The third-order valence-electron chi connectivity index (χ3n) is 2.24. The van der Waals surface area contributed by atoms with Crippen LogP contribution in [0.4, 0.5) is 0 Å². The Morgan fingerprint density at radius 1 is 0.947 bits per heavy atom. The van der Waals surface area contributed by atoms with Gasteiger partial charge in [0.05, 0.1) is 6.61 Å². The van der Waals surface area contributed by atoms with Gasteiger partial charge in [-0.25, -0.2) is 0 Å². The van der Waals surface area contributed by atoms with Crippen LogP contribution < -0.4 is 0 Å². The number of hydrogen-bond donors (Lipinski definition) is 3. The molecule has 0 fully saturated rings. The van der Waals surface area contributed by atoms with Crippen LogP contribution in [0.3, 0.4) is 0 Å². The highest BCUT2D eigenvalue weighted by atomic mass is 16.6. The molecule has 0 aromatic carbocycles. The van der Waals surface area contributed by atoms with Gasteiger partial charge in [0.15, 0.2) is 0 Å². The van der Waals surface area contributed by atoms with Gasteiger partial charge in [-0.3, -0.25) is 9.59 Å². The van der Waals surface area contributed by atoms with Crippen molar-refractivity contribution in [1.29, 1.82) is 0 Å². The molecule has 19 heavy (non-hydrogen) atoms. The molecule has 1 atom stereocenters. The molecule has 3 N–H and O–H groups in total. The van der Waals surface area contributed by atoms with Gasteiger partial charge in [0.2, 0.25) is 6.29 Å². The van der Waals surface area contributed by atoms with Crippen LogP contribution in [0, 0.1) is 0 Å². The van der Waals surface area contributed by atoms with Crippen LogP contribution in [0.2, 0.25) is 0 Å². The number of hydrogen-bond acceptors (Lipinski definition) is 7. The monoisotopic (exact) mass is 278 g/mol. The predicted molar refractivity (Wildman–Crippen MR) is 64.9 cm³/mol. The smallest absolute Gasteiger partial charge is 0.308 e. The third-order valence-corrected chi connectivity index (χ3v) is 2.24. The average molecular weight is 278 g/mol. The lowest BCUT2D eigenvalue weighted by molar-refractivity contribution is -0.169. The highest BCUT2D eigenvalue weighted by Crippen LogP contribution is 2.05. The Labute approximate surface area is 112 Å². The summed E-state index contributed by atoms with van der Waals surface area (Å²) in [6.45, 7) is -0.285. The molecule has 0 aliphatic rings. The fraction of sp³-hybridized carbons (Fsp3) is 0.833. The first-order valence-corrected chi connectivity index (χ1v) is 6.35. The number of unbranched alkanes of at least 4 members (excludes halogenated alkanes) is 1. The molecule has 1 unspecified atom stereocenters. The number of aliphatic hydroxyl groups is 3. The van der Waals surface area contributed by atoms with E-state index in [1.165, 1.54) is 0 Å². The van der Waals surface area contributed by atoms with Crippen molar-refractivity contribution in [2.45, 2.75) is 44.8 Å². The molecule has 0 heterocycles. The van der Waals surface area contributed by atoms with Gasteiger partial charge in [-0.1, -0.05) is 0 Å². The number of carbonyl (C=O) groups excluding carboxylic acids is 2. The summed E-state index contributed by atoms with van der Waals surface area (Å²) in [7, 11) is 0. The average Bonchev–Trinajstić information content (AvgIpc) is 2.39. The van der Waals surface area contributed by atoms with E-state index in [0.29, 0.717) is 19.3 Å². The highest BCUT2D eigenvalue weighted by Gasteiger charge is 2.11. The third kappa shape index (κ3) is 11.6. The van der Waals surface area contributed by atoms with Crippen molar-refractivity contribution in [3.8, 4) is 0 Å². The molecule has 7 nitrogen and oxygen atoms in total. The van der Waals surface area contributed by atoms with E-state index in [9.17, 15) is 14.7 Å². The Bertz CT molecular complexity index is 254. The van der Waals surface area contributed by atoms with Crippen LogP contribution in [0.1, 0.15) is 38.5 Å². The minimum Gasteiger partial charge on any atom is -0.463 e. The van der Waals surface area contributed by atoms with Crippen molar-refractivity contribution >= 4 is 11.9 Å². The van der Waals surface area contributed by atoms with Gasteiger partial charge < -0.3 is 24.8 Å².